The van der Waals surface area contributed by atoms with Crippen molar-refractivity contribution in [2.24, 2.45) is 0 Å². The Bertz CT molecular complexity index is 958. The monoisotopic (exact) mass is 319 g/mol. The molecule has 3 aromatic rings. The molecule has 0 fully saturated rings. The van der Waals surface area contributed by atoms with Crippen LogP contribution >= 0.6 is 0 Å². The molecule has 1 aromatic carbocycles. The van der Waals surface area contributed by atoms with Crippen molar-refractivity contribution in [3.63, 3.8) is 0 Å². The molecule has 0 saturated carbocycles. The zero-order valence-electron chi connectivity index (χ0n) is 13.5. The lowest BCUT2D eigenvalue weighted by Crippen LogP contribution is -2.41. The van der Waals surface area contributed by atoms with Gasteiger partial charge in [0.1, 0.15) is 5.82 Å². The number of hydrogen-bond donors (Lipinski definition) is 2. The summed E-state index contributed by atoms with van der Waals surface area (Å²) in [4.78, 5) is 23.7. The number of fused-ring (bicyclic) bond motifs is 1. The minimum absolute atomic E-state index is 0.0151. The van der Waals surface area contributed by atoms with Gasteiger partial charge in [-0.3, -0.25) is 20.2 Å². The first-order chi connectivity index (χ1) is 11.6. The Balaban J connectivity index is 1.79. The van der Waals surface area contributed by atoms with E-state index in [9.17, 15) is 4.79 Å². The first-order valence-electron chi connectivity index (χ1n) is 7.75. The molecule has 0 spiro atoms. The van der Waals surface area contributed by atoms with Crippen LogP contribution in [0.1, 0.15) is 18.9 Å². The van der Waals surface area contributed by atoms with Crippen molar-refractivity contribution in [2.75, 3.05) is 7.05 Å². The lowest BCUT2D eigenvalue weighted by Gasteiger charge is -2.30. The number of H-pyrrole nitrogens is 1. The van der Waals surface area contributed by atoms with Gasteiger partial charge in [-0.05, 0) is 36.8 Å². The van der Waals surface area contributed by atoms with Crippen LogP contribution in [0.4, 0.5) is 0 Å². The fraction of sp³-hybridized carbons (Fsp3) is 0.167. The minimum Gasteiger partial charge on any atom is -0.338 e. The Labute approximate surface area is 139 Å². The number of aromatic amines is 1. The van der Waals surface area contributed by atoms with Crippen LogP contribution in [-0.2, 0) is 4.79 Å². The average Bonchev–Trinajstić information content (AvgIpc) is 2.98. The van der Waals surface area contributed by atoms with E-state index in [1.54, 1.807) is 17.4 Å². The van der Waals surface area contributed by atoms with Gasteiger partial charge < -0.3 is 4.98 Å². The second-order valence-electron chi connectivity index (χ2n) is 5.95. The summed E-state index contributed by atoms with van der Waals surface area (Å²) in [6.45, 7) is 1.99. The van der Waals surface area contributed by atoms with E-state index in [4.69, 9.17) is 0 Å². The fourth-order valence-corrected chi connectivity index (χ4v) is 3.14. The van der Waals surface area contributed by atoms with Crippen molar-refractivity contribution in [3.05, 3.63) is 53.9 Å². The molecule has 4 rings (SSSR count). The molecular formula is C18H17N5O. The van der Waals surface area contributed by atoms with Gasteiger partial charge in [0.15, 0.2) is 0 Å². The summed E-state index contributed by atoms with van der Waals surface area (Å²) in [5, 5.41) is 1.78. The van der Waals surface area contributed by atoms with Crippen molar-refractivity contribution < 1.29 is 4.79 Å². The van der Waals surface area contributed by atoms with Crippen LogP contribution in [-0.4, -0.2) is 32.9 Å². The molecule has 0 saturated heterocycles. The highest BCUT2D eigenvalue weighted by molar-refractivity contribution is 5.88. The van der Waals surface area contributed by atoms with E-state index in [2.05, 4.69) is 26.4 Å². The molecular weight excluding hydrogens is 302 g/mol. The van der Waals surface area contributed by atoms with E-state index in [0.29, 0.717) is 6.42 Å². The van der Waals surface area contributed by atoms with Gasteiger partial charge in [-0.25, -0.2) is 4.98 Å². The number of pyridine rings is 1. The summed E-state index contributed by atoms with van der Waals surface area (Å²) < 4.78 is 0. The topological polar surface area (TPSA) is 73.9 Å². The Kier molecular flexibility index (Phi) is 3.30. The number of aromatic nitrogens is 3. The van der Waals surface area contributed by atoms with Crippen molar-refractivity contribution >= 4 is 22.6 Å². The highest BCUT2D eigenvalue weighted by atomic mass is 16.2. The fourth-order valence-electron chi connectivity index (χ4n) is 3.14. The largest absolute Gasteiger partial charge is 0.338 e. The first kappa shape index (κ1) is 14.4. The highest BCUT2D eigenvalue weighted by Gasteiger charge is 2.21. The standard InChI is InChI=1S/C18H17N5O/c1-11-9-16(24)22-23(2)17(11)13-3-4-14-15(10-13)21-18(20-14)12-5-7-19-8-6-12/h3-8,10H,9H2,1-2H3,(H,20,21)(H,22,24). The number of imidazole rings is 1. The van der Waals surface area contributed by atoms with Gasteiger partial charge in [0.25, 0.3) is 0 Å². The molecule has 0 unspecified atom stereocenters. The van der Waals surface area contributed by atoms with Gasteiger partial charge in [0, 0.05) is 30.6 Å². The van der Waals surface area contributed by atoms with Gasteiger partial charge in [-0.15, -0.1) is 0 Å². The third-order valence-corrected chi connectivity index (χ3v) is 4.17. The van der Waals surface area contributed by atoms with Gasteiger partial charge in [-0.2, -0.15) is 0 Å². The smallest absolute Gasteiger partial charge is 0.242 e. The molecule has 24 heavy (non-hydrogen) atoms. The van der Waals surface area contributed by atoms with Gasteiger partial charge in [0.2, 0.25) is 5.91 Å². The van der Waals surface area contributed by atoms with Crippen LogP contribution in [0.5, 0.6) is 0 Å². The molecule has 0 aliphatic carbocycles. The summed E-state index contributed by atoms with van der Waals surface area (Å²) >= 11 is 0. The van der Waals surface area contributed by atoms with Crippen molar-refractivity contribution in [2.45, 2.75) is 13.3 Å². The maximum absolute atomic E-state index is 11.6. The number of carbonyl (C=O) groups is 1. The Hall–Kier alpha value is -3.15. The van der Waals surface area contributed by atoms with Crippen molar-refractivity contribution in [1.82, 2.24) is 25.4 Å². The zero-order valence-corrected chi connectivity index (χ0v) is 13.5. The summed E-state index contributed by atoms with van der Waals surface area (Å²) in [5.41, 5.74) is 8.84. The number of nitrogens with zero attached hydrogens (tertiary/aromatic N) is 3. The first-order valence-corrected chi connectivity index (χ1v) is 7.75. The molecule has 2 aromatic heterocycles. The maximum atomic E-state index is 11.6. The highest BCUT2D eigenvalue weighted by Crippen LogP contribution is 2.28. The zero-order chi connectivity index (χ0) is 16.7. The van der Waals surface area contributed by atoms with E-state index in [0.717, 1.165) is 39.3 Å². The van der Waals surface area contributed by atoms with Crippen molar-refractivity contribution in [1.29, 1.82) is 0 Å². The Morgan fingerprint density at radius 3 is 2.67 bits per heavy atom. The van der Waals surface area contributed by atoms with Crippen LogP contribution in [0.2, 0.25) is 0 Å². The van der Waals surface area contributed by atoms with Gasteiger partial charge in [0.05, 0.1) is 23.2 Å². The predicted octanol–water partition coefficient (Wildman–Crippen LogP) is 2.72. The Morgan fingerprint density at radius 2 is 1.92 bits per heavy atom. The Morgan fingerprint density at radius 1 is 1.12 bits per heavy atom. The second-order valence-corrected chi connectivity index (χ2v) is 5.95. The molecule has 1 aliphatic rings. The number of benzene rings is 1. The predicted molar refractivity (Wildman–Crippen MR) is 92.4 cm³/mol. The average molecular weight is 319 g/mol. The quantitative estimate of drug-likeness (QED) is 0.761. The summed E-state index contributed by atoms with van der Waals surface area (Å²) in [5.74, 6) is 0.835. The molecule has 2 N–H and O–H groups in total. The van der Waals surface area contributed by atoms with E-state index in [1.165, 1.54) is 0 Å². The molecule has 6 nitrogen and oxygen atoms in total. The van der Waals surface area contributed by atoms with E-state index in [-0.39, 0.29) is 5.91 Å². The third-order valence-electron chi connectivity index (χ3n) is 4.17. The van der Waals surface area contributed by atoms with Crippen LogP contribution < -0.4 is 5.43 Å². The van der Waals surface area contributed by atoms with Crippen LogP contribution in [0.15, 0.2) is 48.3 Å². The summed E-state index contributed by atoms with van der Waals surface area (Å²) in [6.07, 6.45) is 3.92. The SMILES string of the molecule is CC1=C(c2ccc3nc(-c4ccncc4)[nH]c3c2)N(C)NC(=O)C1. The molecule has 6 heteroatoms. The second kappa shape index (κ2) is 5.49. The number of hydrogen-bond acceptors (Lipinski definition) is 4. The normalized spacial score (nSPS) is 15.1. The van der Waals surface area contributed by atoms with Gasteiger partial charge in [-0.1, -0.05) is 6.07 Å². The van der Waals surface area contributed by atoms with Crippen molar-refractivity contribution in [3.8, 4) is 11.4 Å². The lowest BCUT2D eigenvalue weighted by molar-refractivity contribution is -0.124. The molecule has 0 radical (unpaired) electrons. The van der Waals surface area contributed by atoms with Gasteiger partial charge >= 0.3 is 0 Å². The summed E-state index contributed by atoms with van der Waals surface area (Å²) in [7, 11) is 1.86. The molecule has 0 atom stereocenters. The van der Waals surface area contributed by atoms with E-state index < -0.39 is 0 Å². The minimum atomic E-state index is 0.0151. The number of hydrazine groups is 1. The molecule has 1 aliphatic heterocycles. The van der Waals surface area contributed by atoms with Crippen LogP contribution in [0, 0.1) is 0 Å². The molecule has 0 bridgehead atoms. The number of carbonyl (C=O) groups excluding carboxylic acids is 1. The van der Waals surface area contributed by atoms with E-state index in [1.807, 2.05) is 38.2 Å². The van der Waals surface area contributed by atoms with E-state index >= 15 is 0 Å². The third kappa shape index (κ3) is 2.42. The molecule has 1 amide bonds. The number of amides is 1. The maximum Gasteiger partial charge on any atom is 0.242 e. The molecule has 120 valence electrons. The lowest BCUT2D eigenvalue weighted by atomic mass is 10.0. The number of rotatable bonds is 2. The van der Waals surface area contributed by atoms with Crippen LogP contribution in [0.25, 0.3) is 28.1 Å². The van der Waals surface area contributed by atoms with Crippen LogP contribution in [0.3, 0.4) is 0 Å². The molecule has 3 heterocycles. The summed E-state index contributed by atoms with van der Waals surface area (Å²) in [6, 6.07) is 9.95. The number of nitrogens with one attached hydrogen (secondary N) is 2.